The van der Waals surface area contributed by atoms with Crippen LogP contribution in [0.2, 0.25) is 4.34 Å². The number of amides is 1. The highest BCUT2D eigenvalue weighted by Crippen LogP contribution is 2.36. The molecular formula is C24H23ClN4O4S3. The van der Waals surface area contributed by atoms with Gasteiger partial charge in [-0.1, -0.05) is 29.0 Å². The number of halogens is 1. The Morgan fingerprint density at radius 2 is 1.89 bits per heavy atom. The monoisotopic (exact) mass is 562 g/mol. The van der Waals surface area contributed by atoms with Crippen LogP contribution in [0.15, 0.2) is 59.1 Å². The molecule has 4 heterocycles. The Kier molecular flexibility index (Phi) is 7.27. The van der Waals surface area contributed by atoms with Crippen LogP contribution in [0.1, 0.15) is 18.4 Å². The van der Waals surface area contributed by atoms with Crippen molar-refractivity contribution in [1.29, 1.82) is 0 Å². The highest BCUT2D eigenvalue weighted by molar-refractivity contribution is 7.91. The molecule has 4 aromatic rings. The molecule has 5 rings (SSSR count). The predicted molar refractivity (Wildman–Crippen MR) is 142 cm³/mol. The first-order valence-electron chi connectivity index (χ1n) is 11.3. The number of anilines is 1. The maximum atomic E-state index is 13.8. The third-order valence-electron chi connectivity index (χ3n) is 6.12. The van der Waals surface area contributed by atoms with E-state index in [0.29, 0.717) is 40.1 Å². The first kappa shape index (κ1) is 25.1. The van der Waals surface area contributed by atoms with Gasteiger partial charge in [-0.05, 0) is 54.8 Å². The Morgan fingerprint density at radius 1 is 1.14 bits per heavy atom. The van der Waals surface area contributed by atoms with Crippen LogP contribution >= 0.6 is 34.3 Å². The second-order valence-electron chi connectivity index (χ2n) is 8.32. The Bertz CT molecular complexity index is 1480. The summed E-state index contributed by atoms with van der Waals surface area (Å²) in [7, 11) is -2.03. The van der Waals surface area contributed by atoms with E-state index in [0.717, 1.165) is 21.6 Å². The molecule has 1 fully saturated rings. The van der Waals surface area contributed by atoms with Crippen LogP contribution in [0.4, 0.5) is 5.13 Å². The molecule has 1 aromatic carbocycles. The number of thiophene rings is 1. The molecule has 36 heavy (non-hydrogen) atoms. The number of benzene rings is 1. The smallest absolute Gasteiger partial charge is 0.252 e. The number of thiazole rings is 1. The molecule has 1 aliphatic heterocycles. The van der Waals surface area contributed by atoms with Gasteiger partial charge in [0, 0.05) is 31.4 Å². The largest absolute Gasteiger partial charge is 0.494 e. The molecule has 0 spiro atoms. The van der Waals surface area contributed by atoms with Gasteiger partial charge in [0.05, 0.1) is 22.7 Å². The van der Waals surface area contributed by atoms with Crippen molar-refractivity contribution in [3.8, 4) is 5.75 Å². The number of sulfonamides is 1. The second-order valence-corrected chi connectivity index (χ2v) is 13.2. The molecule has 0 saturated carbocycles. The number of piperidine rings is 1. The summed E-state index contributed by atoms with van der Waals surface area (Å²) in [4.78, 5) is 24.4. The summed E-state index contributed by atoms with van der Waals surface area (Å²) < 4.78 is 34.5. The van der Waals surface area contributed by atoms with E-state index in [1.165, 1.54) is 21.7 Å². The van der Waals surface area contributed by atoms with E-state index in [2.05, 4.69) is 4.98 Å². The fourth-order valence-electron chi connectivity index (χ4n) is 4.23. The van der Waals surface area contributed by atoms with Gasteiger partial charge in [0.25, 0.3) is 10.0 Å². The third-order valence-corrected chi connectivity index (χ3v) is 10.8. The topological polar surface area (TPSA) is 92.7 Å². The maximum absolute atomic E-state index is 13.8. The van der Waals surface area contributed by atoms with Crippen LogP contribution in [0.25, 0.3) is 10.2 Å². The first-order valence-corrected chi connectivity index (χ1v) is 14.7. The molecule has 1 amide bonds. The van der Waals surface area contributed by atoms with E-state index in [1.54, 1.807) is 30.5 Å². The average Bonchev–Trinajstić information content (AvgIpc) is 3.54. The first-order chi connectivity index (χ1) is 17.4. The summed E-state index contributed by atoms with van der Waals surface area (Å²) in [6.07, 6.45) is 4.25. The molecular weight excluding hydrogens is 540 g/mol. The van der Waals surface area contributed by atoms with Crippen LogP contribution in [0.3, 0.4) is 0 Å². The van der Waals surface area contributed by atoms with E-state index in [9.17, 15) is 13.2 Å². The van der Waals surface area contributed by atoms with Crippen LogP contribution in [0.5, 0.6) is 5.75 Å². The normalized spacial score (nSPS) is 15.3. The number of fused-ring (bicyclic) bond motifs is 1. The number of para-hydroxylation sites is 1. The summed E-state index contributed by atoms with van der Waals surface area (Å²) in [5, 5.41) is 0.583. The molecule has 3 aromatic heterocycles. The lowest BCUT2D eigenvalue weighted by Gasteiger charge is -2.32. The average molecular weight is 563 g/mol. The number of nitrogens with zero attached hydrogens (tertiary/aromatic N) is 4. The predicted octanol–water partition coefficient (Wildman–Crippen LogP) is 5.05. The molecule has 1 saturated heterocycles. The molecule has 8 nitrogen and oxygen atoms in total. The Hall–Kier alpha value is -2.57. The SMILES string of the molecule is COc1cccc2sc(N(Cc3ccncc3)C(=O)C3CCN(S(=O)(=O)c4ccc(Cl)s4)CC3)nc12. The van der Waals surface area contributed by atoms with Gasteiger partial charge in [-0.3, -0.25) is 14.7 Å². The van der Waals surface area contributed by atoms with Crippen molar-refractivity contribution >= 4 is 65.6 Å². The maximum Gasteiger partial charge on any atom is 0.252 e. The number of aromatic nitrogens is 2. The van der Waals surface area contributed by atoms with E-state index < -0.39 is 10.0 Å². The van der Waals surface area contributed by atoms with Crippen molar-refractivity contribution in [1.82, 2.24) is 14.3 Å². The summed E-state index contributed by atoms with van der Waals surface area (Å²) >= 11 is 8.42. The zero-order chi connectivity index (χ0) is 25.3. The molecule has 12 heteroatoms. The van der Waals surface area contributed by atoms with E-state index >= 15 is 0 Å². The zero-order valence-corrected chi connectivity index (χ0v) is 22.5. The van der Waals surface area contributed by atoms with Gasteiger partial charge in [-0.15, -0.1) is 11.3 Å². The van der Waals surface area contributed by atoms with Crippen molar-refractivity contribution in [2.24, 2.45) is 5.92 Å². The van der Waals surface area contributed by atoms with Crippen LogP contribution in [-0.2, 0) is 21.4 Å². The van der Waals surface area contributed by atoms with Gasteiger partial charge < -0.3 is 4.74 Å². The third kappa shape index (κ3) is 4.98. The molecule has 1 aliphatic rings. The van der Waals surface area contributed by atoms with Crippen molar-refractivity contribution in [2.75, 3.05) is 25.1 Å². The number of pyridine rings is 1. The molecule has 0 bridgehead atoms. The fourth-order valence-corrected chi connectivity index (χ4v) is 8.32. The van der Waals surface area contributed by atoms with E-state index in [1.807, 2.05) is 30.3 Å². The van der Waals surface area contributed by atoms with Crippen molar-refractivity contribution in [2.45, 2.75) is 23.6 Å². The van der Waals surface area contributed by atoms with Gasteiger partial charge in [-0.25, -0.2) is 13.4 Å². The van der Waals surface area contributed by atoms with Gasteiger partial charge in [0.1, 0.15) is 15.5 Å². The van der Waals surface area contributed by atoms with Crippen molar-refractivity contribution in [3.05, 3.63) is 64.8 Å². The zero-order valence-electron chi connectivity index (χ0n) is 19.3. The number of ether oxygens (including phenoxy) is 1. The number of rotatable bonds is 7. The minimum atomic E-state index is -3.62. The highest BCUT2D eigenvalue weighted by atomic mass is 35.5. The highest BCUT2D eigenvalue weighted by Gasteiger charge is 2.35. The number of hydrogen-bond acceptors (Lipinski definition) is 8. The van der Waals surface area contributed by atoms with Crippen LogP contribution in [-0.4, -0.2) is 48.8 Å². The molecule has 188 valence electrons. The van der Waals surface area contributed by atoms with Gasteiger partial charge in [0.2, 0.25) is 5.91 Å². The molecule has 0 unspecified atom stereocenters. The standard InChI is InChI=1S/C24H23ClN4O4S3/c1-33-18-3-2-4-19-22(18)27-24(34-19)29(15-16-7-11-26-12-8-16)23(30)17-9-13-28(14-10-17)36(31,32)21-6-5-20(25)35-21/h2-8,11-12,17H,9-10,13-15H2,1H3. The summed E-state index contributed by atoms with van der Waals surface area (Å²) in [5.41, 5.74) is 1.64. The molecule has 0 radical (unpaired) electrons. The number of carbonyl (C=O) groups is 1. The Morgan fingerprint density at radius 3 is 2.56 bits per heavy atom. The van der Waals surface area contributed by atoms with E-state index in [4.69, 9.17) is 21.3 Å². The number of methoxy groups -OCH3 is 1. The fraction of sp³-hybridized carbons (Fsp3) is 0.292. The van der Waals surface area contributed by atoms with Crippen LogP contribution in [0, 0.1) is 5.92 Å². The number of hydrogen-bond donors (Lipinski definition) is 0. The quantitative estimate of drug-likeness (QED) is 0.313. The lowest BCUT2D eigenvalue weighted by Crippen LogP contribution is -2.44. The summed E-state index contributed by atoms with van der Waals surface area (Å²) in [6, 6.07) is 12.5. The second kappa shape index (κ2) is 10.4. The van der Waals surface area contributed by atoms with Crippen molar-refractivity contribution < 1.29 is 17.9 Å². The van der Waals surface area contributed by atoms with Gasteiger partial charge in [0.15, 0.2) is 5.13 Å². The summed E-state index contributed by atoms with van der Waals surface area (Å²) in [6.45, 7) is 0.881. The minimum Gasteiger partial charge on any atom is -0.494 e. The van der Waals surface area contributed by atoms with Gasteiger partial charge in [-0.2, -0.15) is 4.31 Å². The summed E-state index contributed by atoms with van der Waals surface area (Å²) in [5.74, 6) is 0.263. The lowest BCUT2D eigenvalue weighted by atomic mass is 9.96. The molecule has 0 atom stereocenters. The number of carbonyl (C=O) groups excluding carboxylic acids is 1. The van der Waals surface area contributed by atoms with E-state index in [-0.39, 0.29) is 29.1 Å². The Balaban J connectivity index is 1.39. The van der Waals surface area contributed by atoms with Gasteiger partial charge >= 0.3 is 0 Å². The Labute approximate surface area is 222 Å². The van der Waals surface area contributed by atoms with Crippen LogP contribution < -0.4 is 9.64 Å². The molecule has 0 N–H and O–H groups in total. The lowest BCUT2D eigenvalue weighted by molar-refractivity contribution is -0.123. The van der Waals surface area contributed by atoms with Crippen molar-refractivity contribution in [3.63, 3.8) is 0 Å². The molecule has 0 aliphatic carbocycles. The minimum absolute atomic E-state index is 0.0685.